The second kappa shape index (κ2) is 16.2. The van der Waals surface area contributed by atoms with E-state index in [9.17, 15) is 9.90 Å². The van der Waals surface area contributed by atoms with E-state index in [1.165, 1.54) is 6.08 Å². The van der Waals surface area contributed by atoms with Crippen LogP contribution in [0.2, 0.25) is 19.1 Å². The van der Waals surface area contributed by atoms with E-state index in [2.05, 4.69) is 55.7 Å². The van der Waals surface area contributed by atoms with Gasteiger partial charge >= 0.3 is 6.09 Å². The molecule has 0 aromatic heterocycles. The summed E-state index contributed by atoms with van der Waals surface area (Å²) in [6, 6.07) is 11.3. The highest BCUT2D eigenvalue weighted by atomic mass is 79.9. The number of hydrogen-bond donors (Lipinski definition) is 1. The van der Waals surface area contributed by atoms with Crippen LogP contribution in [-0.2, 0) is 22.1 Å². The third-order valence-corrected chi connectivity index (χ3v) is 9.49. The van der Waals surface area contributed by atoms with E-state index in [4.69, 9.17) is 18.6 Å². The van der Waals surface area contributed by atoms with Crippen LogP contribution in [0.3, 0.4) is 0 Å². The van der Waals surface area contributed by atoms with Crippen molar-refractivity contribution >= 4 is 30.3 Å². The Balaban J connectivity index is 2.52. The van der Waals surface area contributed by atoms with Gasteiger partial charge in [0.15, 0.2) is 8.32 Å². The molecule has 0 unspecified atom stereocenters. The molecule has 0 aliphatic carbocycles. The highest BCUT2D eigenvalue weighted by molar-refractivity contribution is 9.10. The molecule has 0 aliphatic rings. The van der Waals surface area contributed by atoms with Crippen LogP contribution >= 0.6 is 15.9 Å². The van der Waals surface area contributed by atoms with Gasteiger partial charge in [0, 0.05) is 6.54 Å². The fourth-order valence-corrected chi connectivity index (χ4v) is 4.87. The highest BCUT2D eigenvalue weighted by Gasteiger charge is 2.30. The van der Waals surface area contributed by atoms with Crippen LogP contribution in [-0.4, -0.2) is 56.9 Å². The molecule has 39 heavy (non-hydrogen) atoms. The minimum absolute atomic E-state index is 0.0824. The number of phenols is 1. The average molecular weight is 619 g/mol. The quantitative estimate of drug-likeness (QED) is 0.149. The first-order valence-electron chi connectivity index (χ1n) is 12.9. The third-order valence-electron chi connectivity index (χ3n) is 6.06. The van der Waals surface area contributed by atoms with Gasteiger partial charge in [0.2, 0.25) is 0 Å². The van der Waals surface area contributed by atoms with Crippen molar-refractivity contribution in [1.82, 2.24) is 4.90 Å². The van der Waals surface area contributed by atoms with Crippen molar-refractivity contribution in [2.45, 2.75) is 45.1 Å². The van der Waals surface area contributed by atoms with Crippen LogP contribution in [0.1, 0.15) is 18.1 Å². The molecule has 1 N–H and O–H groups in total. The fourth-order valence-electron chi connectivity index (χ4n) is 3.56. The van der Waals surface area contributed by atoms with Crippen molar-refractivity contribution in [3.8, 4) is 17.2 Å². The van der Waals surface area contributed by atoms with Gasteiger partial charge in [0.05, 0.1) is 12.6 Å². The summed E-state index contributed by atoms with van der Waals surface area (Å²) in [5.41, 5.74) is 1.74. The number of carbonyl (C=O) groups is 1. The number of ether oxygens (including phenoxy) is 3. The molecule has 2 aromatic rings. The minimum atomic E-state index is -1.92. The van der Waals surface area contributed by atoms with Gasteiger partial charge in [-0.05, 0) is 76.9 Å². The topological polar surface area (TPSA) is 77.5 Å². The maximum absolute atomic E-state index is 13.4. The lowest BCUT2D eigenvalue weighted by Crippen LogP contribution is -2.46. The number of phenolic OH excluding ortho intramolecular Hbond substituents is 1. The van der Waals surface area contributed by atoms with Gasteiger partial charge in [-0.3, -0.25) is 4.90 Å². The second-order valence-corrected chi connectivity index (χ2v) is 14.9. The van der Waals surface area contributed by atoms with Crippen LogP contribution in [0.5, 0.6) is 17.2 Å². The largest absolute Gasteiger partial charge is 0.508 e. The Morgan fingerprint density at radius 1 is 1.00 bits per heavy atom. The zero-order valence-corrected chi connectivity index (χ0v) is 25.7. The predicted molar refractivity (Wildman–Crippen MR) is 162 cm³/mol. The van der Waals surface area contributed by atoms with E-state index >= 15 is 0 Å². The molecule has 2 aromatic carbocycles. The van der Waals surface area contributed by atoms with Gasteiger partial charge in [-0.1, -0.05) is 57.0 Å². The van der Waals surface area contributed by atoms with E-state index in [-0.39, 0.29) is 24.9 Å². The molecule has 9 heteroatoms. The van der Waals surface area contributed by atoms with Crippen LogP contribution in [0.25, 0.3) is 0 Å². The number of halogens is 1. The Hall–Kier alpha value is -3.01. The molecule has 0 saturated heterocycles. The molecule has 0 spiro atoms. The lowest BCUT2D eigenvalue weighted by atomic mass is 10.0. The summed E-state index contributed by atoms with van der Waals surface area (Å²) >= 11 is 3.57. The normalized spacial score (nSPS) is 11.8. The standard InChI is InChI=1S/C30H40BrNO6Si/c1-7-15-35-27-19-24(20-28(29(27)31)36-16-8-2)21-32(30(34)37-17-9-3)25(22-38-39(5,6)10-4)18-23-11-13-26(33)14-12-23/h7-9,11-14,19-20,25,33H,1-3,10,15-18,21-22H2,4-6H3/t25-/m0/s1. The fraction of sp³-hybridized carbons (Fsp3) is 0.367. The van der Waals surface area contributed by atoms with Gasteiger partial charge in [-0.2, -0.15) is 0 Å². The van der Waals surface area contributed by atoms with Crippen LogP contribution in [0, 0.1) is 0 Å². The Kier molecular flexibility index (Phi) is 13.4. The lowest BCUT2D eigenvalue weighted by Gasteiger charge is -2.34. The molecule has 0 heterocycles. The Morgan fingerprint density at radius 2 is 1.56 bits per heavy atom. The summed E-state index contributed by atoms with van der Waals surface area (Å²) in [5, 5.41) is 9.77. The molecule has 1 atom stereocenters. The number of carbonyl (C=O) groups excluding carboxylic acids is 1. The van der Waals surface area contributed by atoms with Crippen LogP contribution in [0.4, 0.5) is 4.79 Å². The van der Waals surface area contributed by atoms with E-state index in [0.29, 0.717) is 42.2 Å². The molecule has 7 nitrogen and oxygen atoms in total. The monoisotopic (exact) mass is 617 g/mol. The Labute approximate surface area is 242 Å². The van der Waals surface area contributed by atoms with Gasteiger partial charge in [-0.15, -0.1) is 0 Å². The molecule has 2 rings (SSSR count). The first-order chi connectivity index (χ1) is 18.6. The van der Waals surface area contributed by atoms with Crippen molar-refractivity contribution in [3.05, 3.63) is 90.0 Å². The summed E-state index contributed by atoms with van der Waals surface area (Å²) in [7, 11) is -1.92. The van der Waals surface area contributed by atoms with Gasteiger partial charge < -0.3 is 23.7 Å². The Morgan fingerprint density at radius 3 is 2.08 bits per heavy atom. The zero-order valence-electron chi connectivity index (χ0n) is 23.2. The molecule has 0 radical (unpaired) electrons. The molecule has 0 aliphatic heterocycles. The summed E-state index contributed by atoms with van der Waals surface area (Å²) in [6.07, 6.45) is 4.88. The molecule has 0 bridgehead atoms. The van der Waals surface area contributed by atoms with Crippen molar-refractivity contribution in [2.75, 3.05) is 26.4 Å². The van der Waals surface area contributed by atoms with Gasteiger partial charge in [-0.25, -0.2) is 4.79 Å². The predicted octanol–water partition coefficient (Wildman–Crippen LogP) is 7.26. The third kappa shape index (κ3) is 10.6. The smallest absolute Gasteiger partial charge is 0.410 e. The van der Waals surface area contributed by atoms with Gasteiger partial charge in [0.1, 0.15) is 41.5 Å². The molecule has 212 valence electrons. The van der Waals surface area contributed by atoms with E-state index < -0.39 is 14.4 Å². The van der Waals surface area contributed by atoms with Crippen LogP contribution in [0.15, 0.2) is 78.8 Å². The van der Waals surface area contributed by atoms with Crippen molar-refractivity contribution in [2.24, 2.45) is 0 Å². The molecular weight excluding hydrogens is 578 g/mol. The SMILES string of the molecule is C=CCOC(=O)N(Cc1cc(OCC=C)c(Br)c(OCC=C)c1)[C@H](CO[Si](C)(C)CC)Cc1ccc(O)cc1. The number of benzene rings is 2. The minimum Gasteiger partial charge on any atom is -0.508 e. The number of aromatic hydroxyl groups is 1. The molecule has 0 saturated carbocycles. The lowest BCUT2D eigenvalue weighted by molar-refractivity contribution is 0.0743. The summed E-state index contributed by atoms with van der Waals surface area (Å²) in [5.74, 6) is 1.32. The number of hydrogen-bond acceptors (Lipinski definition) is 6. The van der Waals surface area contributed by atoms with Crippen LogP contribution < -0.4 is 9.47 Å². The number of nitrogens with zero attached hydrogens (tertiary/aromatic N) is 1. The Bertz CT molecular complexity index is 1070. The summed E-state index contributed by atoms with van der Waals surface area (Å²) < 4.78 is 24.3. The number of amides is 1. The summed E-state index contributed by atoms with van der Waals surface area (Å²) in [6.45, 7) is 18.8. The maximum atomic E-state index is 13.4. The molecule has 1 amide bonds. The van der Waals surface area contributed by atoms with Crippen molar-refractivity contribution in [3.63, 3.8) is 0 Å². The molecule has 0 fully saturated rings. The highest BCUT2D eigenvalue weighted by Crippen LogP contribution is 2.37. The summed E-state index contributed by atoms with van der Waals surface area (Å²) in [4.78, 5) is 15.1. The van der Waals surface area contributed by atoms with Gasteiger partial charge in [0.25, 0.3) is 0 Å². The number of rotatable bonds is 17. The van der Waals surface area contributed by atoms with E-state index in [1.807, 2.05) is 24.3 Å². The second-order valence-electron chi connectivity index (χ2n) is 9.55. The first kappa shape index (κ1) is 32.2. The van der Waals surface area contributed by atoms with E-state index in [1.54, 1.807) is 29.2 Å². The molecular formula is C30H40BrNO6Si. The maximum Gasteiger partial charge on any atom is 0.410 e. The van der Waals surface area contributed by atoms with Crippen molar-refractivity contribution < 1.29 is 28.5 Å². The van der Waals surface area contributed by atoms with E-state index in [0.717, 1.165) is 17.2 Å². The van der Waals surface area contributed by atoms with Crippen molar-refractivity contribution in [1.29, 1.82) is 0 Å². The first-order valence-corrected chi connectivity index (χ1v) is 16.8. The zero-order chi connectivity index (χ0) is 28.8. The average Bonchev–Trinajstić information content (AvgIpc) is 2.93.